The lowest BCUT2D eigenvalue weighted by molar-refractivity contribution is 0.0603. The molecular formula is C21H14ClNO3. The summed E-state index contributed by atoms with van der Waals surface area (Å²) in [5.41, 5.74) is 1.52. The summed E-state index contributed by atoms with van der Waals surface area (Å²) < 4.78 is 6.33. The standard InChI is InChI=1S/C21H14ClNO3/c1-26-21(25)17-12-23(19-11-3-2-6-15(17)19)20(24)16-9-4-8-14-13(16)7-5-10-18(14)22/h2-12H,1H3. The minimum absolute atomic E-state index is 0.232. The van der Waals surface area contributed by atoms with Crippen LogP contribution < -0.4 is 0 Å². The normalized spacial score (nSPS) is 11.0. The van der Waals surface area contributed by atoms with Gasteiger partial charge in [0.05, 0.1) is 18.2 Å². The Bertz CT molecular complexity index is 1180. The summed E-state index contributed by atoms with van der Waals surface area (Å²) >= 11 is 6.26. The Morgan fingerprint density at radius 3 is 2.35 bits per heavy atom. The number of halogens is 1. The van der Waals surface area contributed by atoms with Crippen LogP contribution in [0, 0.1) is 0 Å². The number of carbonyl (C=O) groups is 2. The zero-order valence-electron chi connectivity index (χ0n) is 13.9. The third-order valence-corrected chi connectivity index (χ3v) is 4.76. The molecule has 128 valence electrons. The lowest BCUT2D eigenvalue weighted by Gasteiger charge is -2.08. The van der Waals surface area contributed by atoms with Crippen LogP contribution in [0.5, 0.6) is 0 Å². The number of carbonyl (C=O) groups excluding carboxylic acids is 2. The molecule has 0 spiro atoms. The Balaban J connectivity index is 1.96. The lowest BCUT2D eigenvalue weighted by atomic mass is 10.0. The van der Waals surface area contributed by atoms with E-state index in [2.05, 4.69) is 0 Å². The molecule has 0 bridgehead atoms. The van der Waals surface area contributed by atoms with E-state index in [0.29, 0.717) is 27.1 Å². The van der Waals surface area contributed by atoms with E-state index in [0.717, 1.165) is 10.8 Å². The van der Waals surface area contributed by atoms with Crippen LogP contribution >= 0.6 is 11.6 Å². The van der Waals surface area contributed by atoms with Gasteiger partial charge in [-0.1, -0.05) is 54.1 Å². The number of ether oxygens (including phenoxy) is 1. The van der Waals surface area contributed by atoms with Gasteiger partial charge < -0.3 is 4.74 Å². The molecule has 1 aromatic heterocycles. The highest BCUT2D eigenvalue weighted by atomic mass is 35.5. The minimum atomic E-state index is -0.478. The van der Waals surface area contributed by atoms with Crippen LogP contribution in [0.1, 0.15) is 20.7 Å². The highest BCUT2D eigenvalue weighted by Crippen LogP contribution is 2.28. The number of methoxy groups -OCH3 is 1. The lowest BCUT2D eigenvalue weighted by Crippen LogP contribution is -2.11. The van der Waals surface area contributed by atoms with Crippen LogP contribution in [0.25, 0.3) is 21.7 Å². The molecule has 26 heavy (non-hydrogen) atoms. The Labute approximate surface area is 154 Å². The summed E-state index contributed by atoms with van der Waals surface area (Å²) in [6.45, 7) is 0. The van der Waals surface area contributed by atoms with Gasteiger partial charge in [-0.2, -0.15) is 0 Å². The van der Waals surface area contributed by atoms with Crippen LogP contribution in [0.2, 0.25) is 5.02 Å². The van der Waals surface area contributed by atoms with Gasteiger partial charge in [0.1, 0.15) is 0 Å². The largest absolute Gasteiger partial charge is 0.465 e. The summed E-state index contributed by atoms with van der Waals surface area (Å²) in [6, 6.07) is 18.1. The van der Waals surface area contributed by atoms with Crippen molar-refractivity contribution in [3.63, 3.8) is 0 Å². The van der Waals surface area contributed by atoms with Crippen molar-refractivity contribution in [3.05, 3.63) is 83.0 Å². The van der Waals surface area contributed by atoms with Crippen LogP contribution in [-0.2, 0) is 4.74 Å². The Morgan fingerprint density at radius 2 is 1.54 bits per heavy atom. The van der Waals surface area contributed by atoms with Crippen molar-refractivity contribution in [1.29, 1.82) is 0 Å². The first-order valence-corrected chi connectivity index (χ1v) is 8.40. The van der Waals surface area contributed by atoms with Gasteiger partial charge in [0, 0.05) is 27.6 Å². The molecule has 0 fully saturated rings. The number of fused-ring (bicyclic) bond motifs is 2. The van der Waals surface area contributed by atoms with Gasteiger partial charge in [0.2, 0.25) is 0 Å². The SMILES string of the molecule is COC(=O)c1cn(C(=O)c2cccc3c(Cl)cccc23)c2ccccc12. The van der Waals surface area contributed by atoms with Crippen molar-refractivity contribution in [2.45, 2.75) is 0 Å². The topological polar surface area (TPSA) is 48.3 Å². The molecule has 0 saturated carbocycles. The fourth-order valence-corrected chi connectivity index (χ4v) is 3.45. The fourth-order valence-electron chi connectivity index (χ4n) is 3.21. The average molecular weight is 364 g/mol. The highest BCUT2D eigenvalue weighted by Gasteiger charge is 2.20. The van der Waals surface area contributed by atoms with E-state index in [1.54, 1.807) is 30.3 Å². The first-order valence-electron chi connectivity index (χ1n) is 8.02. The predicted octanol–water partition coefficient (Wildman–Crippen LogP) is 4.92. The van der Waals surface area contributed by atoms with E-state index >= 15 is 0 Å². The van der Waals surface area contributed by atoms with E-state index < -0.39 is 5.97 Å². The number of hydrogen-bond donors (Lipinski definition) is 0. The Kier molecular flexibility index (Phi) is 3.98. The van der Waals surface area contributed by atoms with Gasteiger partial charge in [-0.05, 0) is 23.6 Å². The maximum absolute atomic E-state index is 13.3. The second-order valence-electron chi connectivity index (χ2n) is 5.87. The van der Waals surface area contributed by atoms with Crippen LogP contribution in [0.4, 0.5) is 0 Å². The second-order valence-corrected chi connectivity index (χ2v) is 6.27. The molecule has 5 heteroatoms. The molecule has 0 amide bonds. The average Bonchev–Trinajstić information content (AvgIpc) is 3.06. The molecule has 0 aliphatic rings. The molecule has 4 nitrogen and oxygen atoms in total. The van der Waals surface area contributed by atoms with Crippen molar-refractivity contribution >= 4 is 45.2 Å². The maximum Gasteiger partial charge on any atom is 0.340 e. The molecule has 0 saturated heterocycles. The fraction of sp³-hybridized carbons (Fsp3) is 0.0476. The number of aromatic nitrogens is 1. The monoisotopic (exact) mass is 363 g/mol. The van der Waals surface area contributed by atoms with E-state index in [9.17, 15) is 9.59 Å². The smallest absolute Gasteiger partial charge is 0.340 e. The van der Waals surface area contributed by atoms with Gasteiger partial charge >= 0.3 is 5.97 Å². The highest BCUT2D eigenvalue weighted by molar-refractivity contribution is 6.36. The van der Waals surface area contributed by atoms with E-state index in [4.69, 9.17) is 16.3 Å². The minimum Gasteiger partial charge on any atom is -0.465 e. The molecule has 4 rings (SSSR count). The van der Waals surface area contributed by atoms with E-state index in [1.165, 1.54) is 17.9 Å². The number of rotatable bonds is 2. The molecule has 0 radical (unpaired) electrons. The number of benzene rings is 3. The van der Waals surface area contributed by atoms with Gasteiger partial charge in [-0.15, -0.1) is 0 Å². The third kappa shape index (κ3) is 2.47. The second kappa shape index (κ2) is 6.32. The molecule has 0 unspecified atom stereocenters. The molecule has 3 aromatic carbocycles. The van der Waals surface area contributed by atoms with Crippen LogP contribution in [-0.4, -0.2) is 23.6 Å². The summed E-state index contributed by atoms with van der Waals surface area (Å²) in [5, 5.41) is 2.84. The first kappa shape index (κ1) is 16.4. The molecular weight excluding hydrogens is 350 g/mol. The van der Waals surface area contributed by atoms with Crippen molar-refractivity contribution in [2.24, 2.45) is 0 Å². The van der Waals surface area contributed by atoms with Crippen LogP contribution in [0.3, 0.4) is 0 Å². The van der Waals surface area contributed by atoms with Crippen molar-refractivity contribution in [2.75, 3.05) is 7.11 Å². The predicted molar refractivity (Wildman–Crippen MR) is 102 cm³/mol. The number of hydrogen-bond acceptors (Lipinski definition) is 3. The quantitative estimate of drug-likeness (QED) is 0.475. The molecule has 4 aromatic rings. The third-order valence-electron chi connectivity index (χ3n) is 4.44. The Hall–Kier alpha value is -3.11. The number of esters is 1. The first-order chi connectivity index (χ1) is 12.6. The zero-order valence-corrected chi connectivity index (χ0v) is 14.7. The summed E-state index contributed by atoms with van der Waals surface area (Å²) in [6.07, 6.45) is 1.53. The number of nitrogens with zero attached hydrogens (tertiary/aromatic N) is 1. The van der Waals surface area contributed by atoms with Crippen LogP contribution in [0.15, 0.2) is 66.9 Å². The van der Waals surface area contributed by atoms with E-state index in [-0.39, 0.29) is 5.91 Å². The van der Waals surface area contributed by atoms with Gasteiger partial charge in [-0.25, -0.2) is 4.79 Å². The van der Waals surface area contributed by atoms with Crippen molar-refractivity contribution < 1.29 is 14.3 Å². The van der Waals surface area contributed by atoms with Gasteiger partial charge in [0.15, 0.2) is 0 Å². The van der Waals surface area contributed by atoms with E-state index in [1.807, 2.05) is 30.3 Å². The summed E-state index contributed by atoms with van der Waals surface area (Å²) in [4.78, 5) is 25.4. The molecule has 0 aliphatic carbocycles. The zero-order chi connectivity index (χ0) is 18.3. The molecule has 1 heterocycles. The Morgan fingerprint density at radius 1 is 0.846 bits per heavy atom. The number of para-hydroxylation sites is 1. The van der Waals surface area contributed by atoms with Crippen molar-refractivity contribution in [3.8, 4) is 0 Å². The summed E-state index contributed by atoms with van der Waals surface area (Å²) in [5.74, 6) is -0.710. The molecule has 0 aliphatic heterocycles. The van der Waals surface area contributed by atoms with Gasteiger partial charge in [0.25, 0.3) is 5.91 Å². The maximum atomic E-state index is 13.3. The molecule has 0 atom stereocenters. The molecule has 0 N–H and O–H groups in total. The van der Waals surface area contributed by atoms with Crippen molar-refractivity contribution in [1.82, 2.24) is 4.57 Å². The summed E-state index contributed by atoms with van der Waals surface area (Å²) in [7, 11) is 1.32. The van der Waals surface area contributed by atoms with Gasteiger partial charge in [-0.3, -0.25) is 9.36 Å².